The lowest BCUT2D eigenvalue weighted by Gasteiger charge is -2.46. The molecular weight excluding hydrogens is 284 g/mol. The first-order valence-corrected chi connectivity index (χ1v) is 8.77. The molecule has 2 nitrogen and oxygen atoms in total. The minimum Gasteiger partial charge on any atom is -0.350 e. The molecule has 0 unspecified atom stereocenters. The lowest BCUT2D eigenvalue weighted by molar-refractivity contribution is -0.293. The first-order valence-electron chi connectivity index (χ1n) is 8.77. The highest BCUT2D eigenvalue weighted by Gasteiger charge is 2.42. The Kier molecular flexibility index (Phi) is 4.18. The molecule has 1 fully saturated rings. The minimum absolute atomic E-state index is 0.129. The highest BCUT2D eigenvalue weighted by molar-refractivity contribution is 5.74. The Morgan fingerprint density at radius 2 is 1.57 bits per heavy atom. The molecule has 1 atom stereocenters. The van der Waals surface area contributed by atoms with E-state index in [1.807, 2.05) is 0 Å². The van der Waals surface area contributed by atoms with Crippen molar-refractivity contribution < 1.29 is 9.47 Å². The number of rotatable bonds is 4. The first kappa shape index (κ1) is 16.7. The van der Waals surface area contributed by atoms with Gasteiger partial charge in [0, 0.05) is 11.8 Å². The fourth-order valence-electron chi connectivity index (χ4n) is 3.68. The summed E-state index contributed by atoms with van der Waals surface area (Å²) in [4.78, 5) is 0. The lowest BCUT2D eigenvalue weighted by Crippen LogP contribution is -2.46. The third-order valence-electron chi connectivity index (χ3n) is 5.33. The smallest absolute Gasteiger partial charge is 0.165 e. The van der Waals surface area contributed by atoms with Gasteiger partial charge in [0.05, 0.1) is 13.2 Å². The highest BCUT2D eigenvalue weighted by Crippen LogP contribution is 2.52. The van der Waals surface area contributed by atoms with Crippen LogP contribution >= 0.6 is 0 Å². The van der Waals surface area contributed by atoms with Gasteiger partial charge in [-0.1, -0.05) is 64.1 Å². The van der Waals surface area contributed by atoms with E-state index >= 15 is 0 Å². The van der Waals surface area contributed by atoms with Crippen molar-refractivity contribution >= 4 is 5.57 Å². The van der Waals surface area contributed by atoms with Crippen molar-refractivity contribution in [3.8, 4) is 0 Å². The predicted octanol–water partition coefficient (Wildman–Crippen LogP) is 5.30. The standard InChI is InChI=1S/C21H30O2/c1-19(2)14-22-21(5,23-15-19)12-11-18-17(13-20(18,3)4)16-9-7-6-8-10-16/h6-10,13,18H,11-12,14-15H2,1-5H3/t18-/m1/s1. The van der Waals surface area contributed by atoms with Gasteiger partial charge in [-0.25, -0.2) is 0 Å². The van der Waals surface area contributed by atoms with Crippen LogP contribution in [0.3, 0.4) is 0 Å². The van der Waals surface area contributed by atoms with Crippen molar-refractivity contribution in [2.24, 2.45) is 16.7 Å². The molecule has 1 aliphatic carbocycles. The fraction of sp³-hybridized carbons (Fsp3) is 0.619. The highest BCUT2D eigenvalue weighted by atomic mass is 16.7. The Morgan fingerprint density at radius 3 is 2.13 bits per heavy atom. The average molecular weight is 314 g/mol. The van der Waals surface area contributed by atoms with Gasteiger partial charge in [0.25, 0.3) is 0 Å². The molecule has 1 aliphatic heterocycles. The Morgan fingerprint density at radius 1 is 0.957 bits per heavy atom. The monoisotopic (exact) mass is 314 g/mol. The van der Waals surface area contributed by atoms with Gasteiger partial charge in [-0.2, -0.15) is 0 Å². The van der Waals surface area contributed by atoms with Crippen molar-refractivity contribution in [2.75, 3.05) is 13.2 Å². The van der Waals surface area contributed by atoms with Crippen molar-refractivity contribution in [2.45, 2.75) is 53.2 Å². The van der Waals surface area contributed by atoms with Gasteiger partial charge >= 0.3 is 0 Å². The molecule has 0 aromatic heterocycles. The summed E-state index contributed by atoms with van der Waals surface area (Å²) in [5.74, 6) is 0.145. The molecule has 0 radical (unpaired) electrons. The van der Waals surface area contributed by atoms with E-state index in [4.69, 9.17) is 9.47 Å². The zero-order valence-corrected chi connectivity index (χ0v) is 15.2. The summed E-state index contributed by atoms with van der Waals surface area (Å²) in [5, 5.41) is 0. The van der Waals surface area contributed by atoms with E-state index in [2.05, 4.69) is 71.0 Å². The van der Waals surface area contributed by atoms with Crippen LogP contribution in [-0.2, 0) is 9.47 Å². The number of ether oxygens (including phenoxy) is 2. The molecule has 23 heavy (non-hydrogen) atoms. The van der Waals surface area contributed by atoms with E-state index < -0.39 is 5.79 Å². The van der Waals surface area contributed by atoms with Gasteiger partial charge in [0.1, 0.15) is 0 Å². The molecule has 0 spiro atoms. The number of hydrogen-bond donors (Lipinski definition) is 0. The van der Waals surface area contributed by atoms with Crippen LogP contribution < -0.4 is 0 Å². The van der Waals surface area contributed by atoms with Crippen molar-refractivity contribution in [3.63, 3.8) is 0 Å². The summed E-state index contributed by atoms with van der Waals surface area (Å²) in [6, 6.07) is 10.7. The molecule has 0 bridgehead atoms. The molecule has 0 saturated carbocycles. The van der Waals surface area contributed by atoms with Crippen LogP contribution in [-0.4, -0.2) is 19.0 Å². The zero-order chi connectivity index (χ0) is 16.7. The van der Waals surface area contributed by atoms with Crippen LogP contribution in [0.25, 0.3) is 5.57 Å². The van der Waals surface area contributed by atoms with E-state index in [-0.39, 0.29) is 10.8 Å². The van der Waals surface area contributed by atoms with Gasteiger partial charge in [0.2, 0.25) is 0 Å². The molecule has 126 valence electrons. The molecule has 0 amide bonds. The number of benzene rings is 1. The molecular formula is C21H30O2. The van der Waals surface area contributed by atoms with E-state index in [0.29, 0.717) is 5.92 Å². The predicted molar refractivity (Wildman–Crippen MR) is 95.0 cm³/mol. The van der Waals surface area contributed by atoms with Crippen molar-refractivity contribution in [1.82, 2.24) is 0 Å². The molecule has 0 N–H and O–H groups in total. The molecule has 3 rings (SSSR count). The van der Waals surface area contributed by atoms with Crippen LogP contribution in [0.1, 0.15) is 53.0 Å². The molecule has 1 aromatic rings. The number of allylic oxidation sites excluding steroid dienone is 2. The van der Waals surface area contributed by atoms with Crippen molar-refractivity contribution in [1.29, 1.82) is 0 Å². The molecule has 1 heterocycles. The quantitative estimate of drug-likeness (QED) is 0.751. The first-order chi connectivity index (χ1) is 10.7. The van der Waals surface area contributed by atoms with Crippen LogP contribution in [0, 0.1) is 16.7 Å². The summed E-state index contributed by atoms with van der Waals surface area (Å²) >= 11 is 0. The van der Waals surface area contributed by atoms with Crippen LogP contribution in [0.5, 0.6) is 0 Å². The summed E-state index contributed by atoms with van der Waals surface area (Å²) in [6.45, 7) is 12.7. The Bertz CT molecular complexity index is 573. The summed E-state index contributed by atoms with van der Waals surface area (Å²) in [7, 11) is 0. The molecule has 2 heteroatoms. The summed E-state index contributed by atoms with van der Waals surface area (Å²) in [6.07, 6.45) is 4.47. The second kappa shape index (κ2) is 5.75. The van der Waals surface area contributed by atoms with E-state index in [1.165, 1.54) is 11.1 Å². The summed E-state index contributed by atoms with van der Waals surface area (Å²) in [5.41, 5.74) is 3.23. The Hall–Kier alpha value is -1.12. The van der Waals surface area contributed by atoms with Crippen LogP contribution in [0.15, 0.2) is 36.4 Å². The Balaban J connectivity index is 1.65. The van der Waals surface area contributed by atoms with Gasteiger partial charge in [-0.05, 0) is 35.8 Å². The number of hydrogen-bond acceptors (Lipinski definition) is 2. The SMILES string of the molecule is CC1(C)COC(C)(CC[C@@H]2C(c3ccccc3)=CC2(C)C)OC1. The van der Waals surface area contributed by atoms with Gasteiger partial charge < -0.3 is 9.47 Å². The lowest BCUT2D eigenvalue weighted by atomic mass is 9.60. The van der Waals surface area contributed by atoms with Crippen molar-refractivity contribution in [3.05, 3.63) is 42.0 Å². The van der Waals surface area contributed by atoms with Crippen LogP contribution in [0.4, 0.5) is 0 Å². The Labute approximate surface area is 140 Å². The zero-order valence-electron chi connectivity index (χ0n) is 15.2. The molecule has 2 aliphatic rings. The molecule has 1 saturated heterocycles. The van der Waals surface area contributed by atoms with Gasteiger partial charge in [-0.15, -0.1) is 0 Å². The van der Waals surface area contributed by atoms with Gasteiger partial charge in [-0.3, -0.25) is 0 Å². The van der Waals surface area contributed by atoms with E-state index in [0.717, 1.165) is 26.1 Å². The average Bonchev–Trinajstić information content (AvgIpc) is 2.50. The van der Waals surface area contributed by atoms with E-state index in [9.17, 15) is 0 Å². The molecule has 1 aromatic carbocycles. The van der Waals surface area contributed by atoms with Crippen LogP contribution in [0.2, 0.25) is 0 Å². The van der Waals surface area contributed by atoms with E-state index in [1.54, 1.807) is 0 Å². The third-order valence-corrected chi connectivity index (χ3v) is 5.33. The maximum atomic E-state index is 6.07. The normalized spacial score (nSPS) is 27.9. The largest absolute Gasteiger partial charge is 0.350 e. The summed E-state index contributed by atoms with van der Waals surface area (Å²) < 4.78 is 12.1. The fourth-order valence-corrected chi connectivity index (χ4v) is 3.68. The maximum absolute atomic E-state index is 6.07. The second-order valence-corrected chi connectivity index (χ2v) is 8.75. The second-order valence-electron chi connectivity index (χ2n) is 8.75. The minimum atomic E-state index is -0.428. The van der Waals surface area contributed by atoms with Gasteiger partial charge in [0.15, 0.2) is 5.79 Å². The maximum Gasteiger partial charge on any atom is 0.165 e. The topological polar surface area (TPSA) is 18.5 Å². The third kappa shape index (κ3) is 3.54.